The summed E-state index contributed by atoms with van der Waals surface area (Å²) >= 11 is 0. The van der Waals surface area contributed by atoms with Crippen molar-refractivity contribution < 1.29 is 9.72 Å². The molecule has 0 aliphatic heterocycles. The Labute approximate surface area is 105 Å². The Morgan fingerprint density at radius 1 is 1.61 bits per heavy atom. The molecule has 0 saturated heterocycles. The van der Waals surface area contributed by atoms with Gasteiger partial charge in [0.1, 0.15) is 0 Å². The lowest BCUT2D eigenvalue weighted by molar-refractivity contribution is -0.384. The van der Waals surface area contributed by atoms with E-state index in [1.807, 2.05) is 0 Å². The minimum atomic E-state index is -0.464. The summed E-state index contributed by atoms with van der Waals surface area (Å²) in [5.41, 5.74) is 0.686. The SMILES string of the molecule is C=CCNC(=O)NC(C)c1cccc([N+](=O)[O-])c1. The van der Waals surface area contributed by atoms with Crippen LogP contribution in [0.1, 0.15) is 18.5 Å². The van der Waals surface area contributed by atoms with Crippen LogP contribution in [0.25, 0.3) is 0 Å². The van der Waals surface area contributed by atoms with Crippen molar-refractivity contribution in [2.24, 2.45) is 0 Å². The largest absolute Gasteiger partial charge is 0.335 e. The molecular formula is C12H15N3O3. The van der Waals surface area contributed by atoms with E-state index in [9.17, 15) is 14.9 Å². The average Bonchev–Trinajstić information content (AvgIpc) is 2.36. The van der Waals surface area contributed by atoms with E-state index in [4.69, 9.17) is 0 Å². The first-order valence-corrected chi connectivity index (χ1v) is 5.44. The van der Waals surface area contributed by atoms with Gasteiger partial charge in [-0.3, -0.25) is 10.1 Å². The maximum Gasteiger partial charge on any atom is 0.315 e. The smallest absolute Gasteiger partial charge is 0.315 e. The number of carbonyl (C=O) groups excluding carboxylic acids is 1. The van der Waals surface area contributed by atoms with E-state index in [0.29, 0.717) is 12.1 Å². The number of nitro benzene ring substituents is 1. The molecule has 0 aliphatic rings. The Morgan fingerprint density at radius 2 is 2.33 bits per heavy atom. The number of benzene rings is 1. The van der Waals surface area contributed by atoms with Crippen molar-refractivity contribution in [1.82, 2.24) is 10.6 Å². The standard InChI is InChI=1S/C12H15N3O3/c1-3-7-13-12(16)14-9(2)10-5-4-6-11(8-10)15(17)18/h3-6,8-9H,1,7H2,2H3,(H2,13,14,16). The van der Waals surface area contributed by atoms with E-state index in [-0.39, 0.29) is 17.8 Å². The Hall–Kier alpha value is -2.37. The van der Waals surface area contributed by atoms with Gasteiger partial charge in [-0.15, -0.1) is 6.58 Å². The van der Waals surface area contributed by atoms with E-state index >= 15 is 0 Å². The van der Waals surface area contributed by atoms with Gasteiger partial charge >= 0.3 is 6.03 Å². The molecule has 1 atom stereocenters. The minimum absolute atomic E-state index is 0.00708. The molecule has 6 heteroatoms. The highest BCUT2D eigenvalue weighted by molar-refractivity contribution is 5.74. The predicted molar refractivity (Wildman–Crippen MR) is 68.2 cm³/mol. The third kappa shape index (κ3) is 3.89. The summed E-state index contributed by atoms with van der Waals surface area (Å²) in [6.45, 7) is 5.61. The van der Waals surface area contributed by atoms with Gasteiger partial charge in [-0.05, 0) is 12.5 Å². The lowest BCUT2D eigenvalue weighted by Gasteiger charge is -2.14. The van der Waals surface area contributed by atoms with E-state index in [1.54, 1.807) is 25.1 Å². The molecule has 1 aromatic carbocycles. The fraction of sp³-hybridized carbons (Fsp3) is 0.250. The van der Waals surface area contributed by atoms with E-state index in [0.717, 1.165) is 0 Å². The summed E-state index contributed by atoms with van der Waals surface area (Å²) in [5.74, 6) is 0. The monoisotopic (exact) mass is 249 g/mol. The number of hydrogen-bond acceptors (Lipinski definition) is 3. The summed E-state index contributed by atoms with van der Waals surface area (Å²) in [7, 11) is 0. The zero-order valence-electron chi connectivity index (χ0n) is 10.1. The van der Waals surface area contributed by atoms with Crippen molar-refractivity contribution in [3.05, 3.63) is 52.6 Å². The first-order valence-electron chi connectivity index (χ1n) is 5.44. The van der Waals surface area contributed by atoms with Crippen LogP contribution < -0.4 is 10.6 Å². The third-order valence-corrected chi connectivity index (χ3v) is 2.34. The van der Waals surface area contributed by atoms with E-state index < -0.39 is 4.92 Å². The number of non-ortho nitro benzene ring substituents is 1. The van der Waals surface area contributed by atoms with Crippen LogP contribution in [0.5, 0.6) is 0 Å². The molecule has 0 spiro atoms. The molecule has 0 bridgehead atoms. The maximum absolute atomic E-state index is 11.4. The van der Waals surface area contributed by atoms with Crippen LogP contribution in [0.15, 0.2) is 36.9 Å². The van der Waals surface area contributed by atoms with Crippen LogP contribution >= 0.6 is 0 Å². The van der Waals surface area contributed by atoms with Gasteiger partial charge in [0.05, 0.1) is 11.0 Å². The van der Waals surface area contributed by atoms with Crippen molar-refractivity contribution in [3.8, 4) is 0 Å². The zero-order valence-corrected chi connectivity index (χ0v) is 10.1. The molecule has 96 valence electrons. The lowest BCUT2D eigenvalue weighted by atomic mass is 10.1. The molecule has 6 nitrogen and oxygen atoms in total. The van der Waals surface area contributed by atoms with Crippen molar-refractivity contribution in [2.75, 3.05) is 6.54 Å². The predicted octanol–water partition coefficient (Wildman–Crippen LogP) is 2.14. The normalized spacial score (nSPS) is 11.4. The van der Waals surface area contributed by atoms with Gasteiger partial charge in [0, 0.05) is 18.7 Å². The Morgan fingerprint density at radius 3 is 2.94 bits per heavy atom. The molecule has 1 aromatic rings. The van der Waals surface area contributed by atoms with Gasteiger partial charge in [-0.1, -0.05) is 18.2 Å². The molecular weight excluding hydrogens is 234 g/mol. The highest BCUT2D eigenvalue weighted by atomic mass is 16.6. The first-order chi connectivity index (χ1) is 8.54. The van der Waals surface area contributed by atoms with Crippen LogP contribution in [0.3, 0.4) is 0 Å². The lowest BCUT2D eigenvalue weighted by Crippen LogP contribution is -2.37. The van der Waals surface area contributed by atoms with Crippen molar-refractivity contribution in [1.29, 1.82) is 0 Å². The Bertz CT molecular complexity index is 460. The van der Waals surface area contributed by atoms with E-state index in [2.05, 4.69) is 17.2 Å². The number of amides is 2. The van der Waals surface area contributed by atoms with Crippen molar-refractivity contribution >= 4 is 11.7 Å². The summed E-state index contributed by atoms with van der Waals surface area (Å²) in [5, 5.41) is 15.9. The molecule has 0 saturated carbocycles. The van der Waals surface area contributed by atoms with Gasteiger partial charge < -0.3 is 10.6 Å². The Kier molecular flexibility index (Phi) is 4.86. The first kappa shape index (κ1) is 13.7. The number of hydrogen-bond donors (Lipinski definition) is 2. The van der Waals surface area contributed by atoms with Crippen LogP contribution in [-0.4, -0.2) is 17.5 Å². The summed E-state index contributed by atoms with van der Waals surface area (Å²) in [6.07, 6.45) is 1.57. The quantitative estimate of drug-likeness (QED) is 0.476. The molecule has 18 heavy (non-hydrogen) atoms. The highest BCUT2D eigenvalue weighted by Gasteiger charge is 2.12. The second-order valence-electron chi connectivity index (χ2n) is 3.72. The summed E-state index contributed by atoms with van der Waals surface area (Å²) in [4.78, 5) is 21.6. The van der Waals surface area contributed by atoms with Gasteiger partial charge in [0.15, 0.2) is 0 Å². The second-order valence-corrected chi connectivity index (χ2v) is 3.72. The molecule has 0 aliphatic carbocycles. The summed E-state index contributed by atoms with van der Waals surface area (Å²) < 4.78 is 0. The Balaban J connectivity index is 2.68. The molecule has 0 radical (unpaired) electrons. The highest BCUT2D eigenvalue weighted by Crippen LogP contribution is 2.18. The van der Waals surface area contributed by atoms with Crippen LogP contribution in [0.2, 0.25) is 0 Å². The van der Waals surface area contributed by atoms with Gasteiger partial charge in [-0.2, -0.15) is 0 Å². The van der Waals surface area contributed by atoms with Crippen LogP contribution in [-0.2, 0) is 0 Å². The van der Waals surface area contributed by atoms with Crippen LogP contribution in [0.4, 0.5) is 10.5 Å². The topological polar surface area (TPSA) is 84.3 Å². The molecule has 2 N–H and O–H groups in total. The van der Waals surface area contributed by atoms with Gasteiger partial charge in [0.2, 0.25) is 0 Å². The van der Waals surface area contributed by atoms with Crippen molar-refractivity contribution in [2.45, 2.75) is 13.0 Å². The number of nitrogens with zero attached hydrogens (tertiary/aromatic N) is 1. The van der Waals surface area contributed by atoms with Crippen molar-refractivity contribution in [3.63, 3.8) is 0 Å². The second kappa shape index (κ2) is 6.39. The number of nitrogens with one attached hydrogen (secondary N) is 2. The van der Waals surface area contributed by atoms with E-state index in [1.165, 1.54) is 12.1 Å². The number of urea groups is 1. The molecule has 1 unspecified atom stereocenters. The molecule has 1 rings (SSSR count). The number of rotatable bonds is 5. The average molecular weight is 249 g/mol. The van der Waals surface area contributed by atoms with Crippen LogP contribution in [0, 0.1) is 10.1 Å². The molecule has 0 fully saturated rings. The zero-order chi connectivity index (χ0) is 13.5. The molecule has 2 amide bonds. The van der Waals surface area contributed by atoms with Gasteiger partial charge in [0.25, 0.3) is 5.69 Å². The molecule has 0 aromatic heterocycles. The number of nitro groups is 1. The summed E-state index contributed by atoms with van der Waals surface area (Å²) in [6, 6.07) is 5.52. The number of carbonyl (C=O) groups is 1. The maximum atomic E-state index is 11.4. The fourth-order valence-electron chi connectivity index (χ4n) is 1.40. The minimum Gasteiger partial charge on any atom is -0.335 e. The third-order valence-electron chi connectivity index (χ3n) is 2.34. The fourth-order valence-corrected chi connectivity index (χ4v) is 1.40. The van der Waals surface area contributed by atoms with Gasteiger partial charge in [-0.25, -0.2) is 4.79 Å². The molecule has 0 heterocycles.